The van der Waals surface area contributed by atoms with Crippen LogP contribution in [0.2, 0.25) is 0 Å². The molecule has 1 fully saturated rings. The second-order valence-electron chi connectivity index (χ2n) is 6.25. The van der Waals surface area contributed by atoms with Crippen LogP contribution in [0.1, 0.15) is 25.5 Å². The van der Waals surface area contributed by atoms with Gasteiger partial charge in [-0.05, 0) is 38.1 Å². The monoisotopic (exact) mass is 282 g/mol. The molecule has 21 heavy (non-hydrogen) atoms. The van der Waals surface area contributed by atoms with E-state index in [1.807, 2.05) is 12.1 Å². The Balaban J connectivity index is 1.68. The summed E-state index contributed by atoms with van der Waals surface area (Å²) in [5.41, 5.74) is 7.76. The Hall–Kier alpha value is -1.94. The topological polar surface area (TPSA) is 66.0 Å². The van der Waals surface area contributed by atoms with Crippen molar-refractivity contribution in [3.63, 3.8) is 0 Å². The molecule has 4 heteroatoms. The first kappa shape index (κ1) is 14.0. The molecule has 1 aromatic heterocycles. The number of rotatable bonds is 3. The van der Waals surface area contributed by atoms with Gasteiger partial charge in [0.2, 0.25) is 0 Å². The van der Waals surface area contributed by atoms with Crippen molar-refractivity contribution in [1.29, 1.82) is 5.41 Å². The van der Waals surface area contributed by atoms with Crippen LogP contribution < -0.4 is 5.73 Å². The number of para-hydroxylation sites is 1. The third kappa shape index (κ3) is 2.90. The number of hydrogen-bond acceptors (Lipinski definition) is 3. The lowest BCUT2D eigenvalue weighted by Crippen LogP contribution is -2.44. The van der Waals surface area contributed by atoms with Crippen LogP contribution in [0.5, 0.6) is 0 Å². The first-order chi connectivity index (χ1) is 10.1. The Morgan fingerprint density at radius 3 is 2.67 bits per heavy atom. The molecule has 4 nitrogen and oxygen atoms in total. The van der Waals surface area contributed by atoms with Gasteiger partial charge in [-0.1, -0.05) is 31.2 Å². The maximum atomic E-state index is 7.71. The van der Waals surface area contributed by atoms with Crippen molar-refractivity contribution in [3.8, 4) is 0 Å². The average molecular weight is 282 g/mol. The predicted octanol–water partition coefficient (Wildman–Crippen LogP) is 2.77. The third-order valence-electron chi connectivity index (χ3n) is 4.65. The number of amidine groups is 1. The maximum Gasteiger partial charge on any atom is 0.0966 e. The van der Waals surface area contributed by atoms with E-state index in [1.165, 1.54) is 5.39 Å². The lowest BCUT2D eigenvalue weighted by atomic mass is 9.79. The van der Waals surface area contributed by atoms with E-state index >= 15 is 0 Å². The summed E-state index contributed by atoms with van der Waals surface area (Å²) >= 11 is 0. The van der Waals surface area contributed by atoms with Crippen molar-refractivity contribution in [2.75, 3.05) is 13.1 Å². The zero-order chi connectivity index (χ0) is 14.9. The van der Waals surface area contributed by atoms with Crippen molar-refractivity contribution in [2.45, 2.75) is 26.3 Å². The van der Waals surface area contributed by atoms with Gasteiger partial charge in [0.15, 0.2) is 0 Å². The minimum atomic E-state index is -0.118. The fraction of sp³-hybridized carbons (Fsp3) is 0.412. The number of nitrogens with two attached hydrogens (primary N) is 1. The minimum absolute atomic E-state index is 0.118. The normalized spacial score (nSPS) is 18.7. The van der Waals surface area contributed by atoms with Crippen LogP contribution in [0.3, 0.4) is 0 Å². The van der Waals surface area contributed by atoms with Crippen LogP contribution in [0, 0.1) is 10.8 Å². The molecule has 0 atom stereocenters. The summed E-state index contributed by atoms with van der Waals surface area (Å²) in [6, 6.07) is 12.5. The molecule has 1 aliphatic heterocycles. The number of pyridine rings is 1. The van der Waals surface area contributed by atoms with Gasteiger partial charge in [0.25, 0.3) is 0 Å². The zero-order valence-electron chi connectivity index (χ0n) is 12.5. The second-order valence-corrected chi connectivity index (χ2v) is 6.25. The number of hydrogen-bond donors (Lipinski definition) is 2. The van der Waals surface area contributed by atoms with Gasteiger partial charge in [0.1, 0.15) is 0 Å². The predicted molar refractivity (Wildman–Crippen MR) is 86.3 cm³/mol. The number of likely N-dealkylation sites (tertiary alicyclic amines) is 1. The van der Waals surface area contributed by atoms with Crippen LogP contribution >= 0.6 is 0 Å². The van der Waals surface area contributed by atoms with Gasteiger partial charge in [-0.25, -0.2) is 0 Å². The van der Waals surface area contributed by atoms with Gasteiger partial charge in [-0.3, -0.25) is 15.3 Å². The van der Waals surface area contributed by atoms with E-state index in [1.54, 1.807) is 0 Å². The lowest BCUT2D eigenvalue weighted by Gasteiger charge is -2.38. The lowest BCUT2D eigenvalue weighted by molar-refractivity contribution is 0.154. The number of benzene rings is 1. The molecule has 0 unspecified atom stereocenters. The molecule has 1 aliphatic rings. The summed E-state index contributed by atoms with van der Waals surface area (Å²) in [7, 11) is 0. The first-order valence-corrected chi connectivity index (χ1v) is 7.48. The Bertz CT molecular complexity index is 657. The smallest absolute Gasteiger partial charge is 0.0966 e. The maximum absolute atomic E-state index is 7.71. The van der Waals surface area contributed by atoms with E-state index in [9.17, 15) is 0 Å². The van der Waals surface area contributed by atoms with Crippen LogP contribution in [0.15, 0.2) is 36.4 Å². The summed E-state index contributed by atoms with van der Waals surface area (Å²) in [5.74, 6) is 0.325. The molecular formula is C17H22N4. The minimum Gasteiger partial charge on any atom is -0.387 e. The molecule has 1 aromatic carbocycles. The van der Waals surface area contributed by atoms with E-state index in [0.29, 0.717) is 5.84 Å². The molecule has 0 amide bonds. The Morgan fingerprint density at radius 2 is 1.95 bits per heavy atom. The Labute approximate surface area is 125 Å². The van der Waals surface area contributed by atoms with Crippen LogP contribution in [0.25, 0.3) is 10.9 Å². The van der Waals surface area contributed by atoms with E-state index in [2.05, 4.69) is 36.1 Å². The van der Waals surface area contributed by atoms with Gasteiger partial charge in [0.05, 0.1) is 17.0 Å². The fourth-order valence-corrected chi connectivity index (χ4v) is 2.90. The average Bonchev–Trinajstić information content (AvgIpc) is 2.49. The number of aromatic nitrogens is 1. The molecule has 110 valence electrons. The third-order valence-corrected chi connectivity index (χ3v) is 4.65. The molecule has 3 N–H and O–H groups in total. The highest BCUT2D eigenvalue weighted by Crippen LogP contribution is 2.31. The van der Waals surface area contributed by atoms with Crippen molar-refractivity contribution < 1.29 is 0 Å². The van der Waals surface area contributed by atoms with Crippen molar-refractivity contribution >= 4 is 16.7 Å². The molecule has 0 aliphatic carbocycles. The number of nitrogens with one attached hydrogen (secondary N) is 1. The van der Waals surface area contributed by atoms with E-state index < -0.39 is 0 Å². The fourth-order valence-electron chi connectivity index (χ4n) is 2.90. The zero-order valence-corrected chi connectivity index (χ0v) is 12.5. The first-order valence-electron chi connectivity index (χ1n) is 7.48. The van der Waals surface area contributed by atoms with Gasteiger partial charge >= 0.3 is 0 Å². The standard InChI is InChI=1S/C17H22N4/c1-17(16(18)19)8-10-21(11-9-17)12-14-7-6-13-4-2-3-5-15(13)20-14/h2-7H,8-12H2,1H3,(H3,18,19). The van der Waals surface area contributed by atoms with Gasteiger partial charge in [0, 0.05) is 17.3 Å². The van der Waals surface area contributed by atoms with Crippen molar-refractivity contribution in [1.82, 2.24) is 9.88 Å². The molecule has 0 saturated carbocycles. The quantitative estimate of drug-likeness (QED) is 0.672. The molecule has 0 bridgehead atoms. The molecule has 2 heterocycles. The Morgan fingerprint density at radius 1 is 1.24 bits per heavy atom. The second kappa shape index (κ2) is 5.45. The van der Waals surface area contributed by atoms with Crippen LogP contribution in [-0.4, -0.2) is 28.8 Å². The molecule has 3 rings (SSSR count). The molecule has 1 saturated heterocycles. The van der Waals surface area contributed by atoms with Crippen molar-refractivity contribution in [3.05, 3.63) is 42.1 Å². The summed E-state index contributed by atoms with van der Waals surface area (Å²) in [6.07, 6.45) is 1.91. The highest BCUT2D eigenvalue weighted by molar-refractivity contribution is 5.83. The van der Waals surface area contributed by atoms with E-state index in [4.69, 9.17) is 16.1 Å². The largest absolute Gasteiger partial charge is 0.387 e. The number of fused-ring (bicyclic) bond motifs is 1. The summed E-state index contributed by atoms with van der Waals surface area (Å²) in [4.78, 5) is 7.14. The van der Waals surface area contributed by atoms with Crippen molar-refractivity contribution in [2.24, 2.45) is 11.1 Å². The van der Waals surface area contributed by atoms with E-state index in [0.717, 1.165) is 43.7 Å². The van der Waals surface area contributed by atoms with Crippen LogP contribution in [-0.2, 0) is 6.54 Å². The molecule has 2 aromatic rings. The van der Waals surface area contributed by atoms with Gasteiger partial charge in [-0.15, -0.1) is 0 Å². The van der Waals surface area contributed by atoms with Gasteiger partial charge in [-0.2, -0.15) is 0 Å². The summed E-state index contributed by atoms with van der Waals surface area (Å²) < 4.78 is 0. The SMILES string of the molecule is CC1(C(=N)N)CCN(Cc2ccc3ccccc3n2)CC1. The van der Waals surface area contributed by atoms with Gasteiger partial charge < -0.3 is 5.73 Å². The van der Waals surface area contributed by atoms with E-state index in [-0.39, 0.29) is 5.41 Å². The highest BCUT2D eigenvalue weighted by atomic mass is 15.1. The number of nitrogens with zero attached hydrogens (tertiary/aromatic N) is 2. The Kier molecular flexibility index (Phi) is 3.64. The molecular weight excluding hydrogens is 260 g/mol. The number of piperidine rings is 1. The summed E-state index contributed by atoms with van der Waals surface area (Å²) in [6.45, 7) is 4.93. The molecule has 0 spiro atoms. The molecule has 0 radical (unpaired) electrons. The highest BCUT2D eigenvalue weighted by Gasteiger charge is 2.32. The van der Waals surface area contributed by atoms with Crippen LogP contribution in [0.4, 0.5) is 0 Å². The summed E-state index contributed by atoms with van der Waals surface area (Å²) in [5, 5.41) is 8.89.